The topological polar surface area (TPSA) is 84.7 Å². The van der Waals surface area contributed by atoms with E-state index in [-0.39, 0.29) is 44.4 Å². The van der Waals surface area contributed by atoms with Crippen molar-refractivity contribution in [1.82, 2.24) is 4.90 Å². The molecule has 0 saturated carbocycles. The van der Waals surface area contributed by atoms with E-state index in [1.165, 1.54) is 42.3 Å². The Morgan fingerprint density at radius 2 is 1.80 bits per heavy atom. The van der Waals surface area contributed by atoms with E-state index in [0.29, 0.717) is 6.42 Å². The average Bonchev–Trinajstić information content (AvgIpc) is 3.16. The summed E-state index contributed by atoms with van der Waals surface area (Å²) in [6, 6.07) is 13.1. The Labute approximate surface area is 242 Å². The van der Waals surface area contributed by atoms with Crippen molar-refractivity contribution in [1.29, 1.82) is 0 Å². The summed E-state index contributed by atoms with van der Waals surface area (Å²) in [5, 5.41) is 2.77. The van der Waals surface area contributed by atoms with Gasteiger partial charge in [0.05, 0.1) is 35.0 Å². The van der Waals surface area contributed by atoms with E-state index in [9.17, 15) is 9.59 Å². The van der Waals surface area contributed by atoms with Crippen LogP contribution in [0.3, 0.4) is 0 Å². The first kappa shape index (κ1) is 29.8. The first-order valence-electron chi connectivity index (χ1n) is 12.7. The molecule has 6 nitrogen and oxygen atoms in total. The zero-order chi connectivity index (χ0) is 29.4. The van der Waals surface area contributed by atoms with Crippen LogP contribution in [-0.2, 0) is 10.3 Å². The van der Waals surface area contributed by atoms with Gasteiger partial charge in [-0.05, 0) is 42.2 Å². The van der Waals surface area contributed by atoms with Gasteiger partial charge in [0.25, 0.3) is 0 Å². The molecule has 1 heterocycles. The fourth-order valence-electron chi connectivity index (χ4n) is 5.58. The molecule has 1 saturated heterocycles. The number of benzene rings is 3. The van der Waals surface area contributed by atoms with Gasteiger partial charge in [-0.1, -0.05) is 74.3 Å². The highest BCUT2D eigenvalue weighted by molar-refractivity contribution is 6.31. The number of anilines is 1. The maximum Gasteiger partial charge on any atom is 0.339 e. The third-order valence-electron chi connectivity index (χ3n) is 7.22. The minimum absolute atomic E-state index is 0.0390. The van der Waals surface area contributed by atoms with Crippen molar-refractivity contribution in [2.45, 2.75) is 38.8 Å². The number of likely N-dealkylation sites (tertiary alicyclic amines) is 1. The summed E-state index contributed by atoms with van der Waals surface area (Å²) in [5.41, 5.74) is 5.83. The van der Waals surface area contributed by atoms with Crippen LogP contribution in [-0.4, -0.2) is 30.6 Å². The molecule has 0 spiro atoms. The fourth-order valence-corrected chi connectivity index (χ4v) is 5.92. The Morgan fingerprint density at radius 1 is 1.10 bits per heavy atom. The monoisotopic (exact) mass is 589 g/mol. The Hall–Kier alpha value is -3.20. The number of ether oxygens (including phenoxy) is 1. The molecule has 2 amide bonds. The van der Waals surface area contributed by atoms with Gasteiger partial charge < -0.3 is 20.7 Å². The number of methoxy groups -OCH3 is 1. The zero-order valence-electron chi connectivity index (χ0n) is 22.6. The van der Waals surface area contributed by atoms with Crippen LogP contribution in [0.15, 0.2) is 60.7 Å². The first-order valence-corrected chi connectivity index (χ1v) is 13.5. The highest BCUT2D eigenvalue weighted by atomic mass is 35.5. The Bertz CT molecular complexity index is 1450. The van der Waals surface area contributed by atoms with E-state index in [0.717, 1.165) is 6.07 Å². The lowest BCUT2D eigenvalue weighted by Gasteiger charge is -2.40. The number of para-hydroxylation sites is 1. The lowest BCUT2D eigenvalue weighted by atomic mass is 9.69. The SMILES string of the molecule is COC(=O)c1ccccc1NC(=O)N1C[C@@H](CC(C)(C)C)[C@](N)(c2ccc(Cl)cc2F)[C@H]1c1cccc(Cl)c1F. The normalized spacial score (nSPS) is 20.9. The molecular weight excluding hydrogens is 559 g/mol. The number of hydrogen-bond donors (Lipinski definition) is 2. The third-order valence-corrected chi connectivity index (χ3v) is 7.75. The third kappa shape index (κ3) is 5.66. The first-order chi connectivity index (χ1) is 18.8. The van der Waals surface area contributed by atoms with Gasteiger partial charge in [-0.15, -0.1) is 0 Å². The number of carbonyl (C=O) groups is 2. The van der Waals surface area contributed by atoms with Crippen LogP contribution < -0.4 is 11.1 Å². The van der Waals surface area contributed by atoms with Crippen molar-refractivity contribution >= 4 is 40.9 Å². The van der Waals surface area contributed by atoms with Gasteiger partial charge in [-0.3, -0.25) is 0 Å². The lowest BCUT2D eigenvalue weighted by Crippen LogP contribution is -2.49. The van der Waals surface area contributed by atoms with E-state index < -0.39 is 41.1 Å². The largest absolute Gasteiger partial charge is 0.465 e. The molecule has 4 rings (SSSR count). The second kappa shape index (κ2) is 11.4. The lowest BCUT2D eigenvalue weighted by molar-refractivity contribution is 0.0602. The van der Waals surface area contributed by atoms with E-state index in [2.05, 4.69) is 5.32 Å². The number of urea groups is 1. The van der Waals surface area contributed by atoms with Gasteiger partial charge >= 0.3 is 12.0 Å². The fraction of sp³-hybridized carbons (Fsp3) is 0.333. The highest BCUT2D eigenvalue weighted by Gasteiger charge is 2.57. The summed E-state index contributed by atoms with van der Waals surface area (Å²) in [7, 11) is 1.24. The number of nitrogens with one attached hydrogen (secondary N) is 1. The quantitative estimate of drug-likeness (QED) is 0.301. The molecule has 1 aliphatic heterocycles. The van der Waals surface area contributed by atoms with Crippen molar-refractivity contribution < 1.29 is 23.1 Å². The van der Waals surface area contributed by atoms with Crippen LogP contribution >= 0.6 is 23.2 Å². The van der Waals surface area contributed by atoms with Crippen LogP contribution in [0.4, 0.5) is 19.3 Å². The molecule has 0 aromatic heterocycles. The van der Waals surface area contributed by atoms with Crippen LogP contribution in [0.1, 0.15) is 54.7 Å². The Balaban J connectivity index is 1.91. The summed E-state index contributed by atoms with van der Waals surface area (Å²) in [6.07, 6.45) is 0.479. The number of nitrogens with two attached hydrogens (primary N) is 1. The van der Waals surface area contributed by atoms with Gasteiger partial charge in [0.15, 0.2) is 0 Å². The molecule has 40 heavy (non-hydrogen) atoms. The number of halogens is 4. The number of amides is 2. The number of carbonyl (C=O) groups excluding carboxylic acids is 2. The van der Waals surface area contributed by atoms with Crippen molar-refractivity contribution in [2.75, 3.05) is 19.0 Å². The van der Waals surface area contributed by atoms with Crippen molar-refractivity contribution in [2.24, 2.45) is 17.1 Å². The van der Waals surface area contributed by atoms with Gasteiger partial charge in [0, 0.05) is 28.6 Å². The molecule has 3 aromatic carbocycles. The minimum atomic E-state index is -1.58. The van der Waals surface area contributed by atoms with Gasteiger partial charge in [0.1, 0.15) is 11.6 Å². The standard InChI is InChI=1S/C30H31Cl2F2N3O3/c1-29(2,3)15-17-16-37(28(39)36-24-11-6-5-8-19(24)27(38)40-4)26(20-9-7-10-22(32)25(20)34)30(17,35)21-13-12-18(31)14-23(21)33/h5-14,17,26H,15-16,35H2,1-4H3,(H,36,39)/t17-,26-,30+/m1/s1. The molecule has 0 unspecified atom stereocenters. The van der Waals surface area contributed by atoms with Gasteiger partial charge in [-0.25, -0.2) is 18.4 Å². The predicted octanol–water partition coefficient (Wildman–Crippen LogP) is 7.55. The highest BCUT2D eigenvalue weighted by Crippen LogP contribution is 2.53. The molecule has 3 aromatic rings. The summed E-state index contributed by atoms with van der Waals surface area (Å²) < 4.78 is 36.2. The van der Waals surface area contributed by atoms with Crippen molar-refractivity contribution in [3.8, 4) is 0 Å². The molecular formula is C30H31Cl2F2N3O3. The minimum Gasteiger partial charge on any atom is -0.465 e. The summed E-state index contributed by atoms with van der Waals surface area (Å²) >= 11 is 12.2. The number of esters is 1. The van der Waals surface area contributed by atoms with Crippen molar-refractivity contribution in [3.05, 3.63) is 99.0 Å². The molecule has 3 N–H and O–H groups in total. The molecule has 0 radical (unpaired) electrons. The zero-order valence-corrected chi connectivity index (χ0v) is 24.1. The summed E-state index contributed by atoms with van der Waals surface area (Å²) in [4.78, 5) is 27.7. The smallest absolute Gasteiger partial charge is 0.339 e. The predicted molar refractivity (Wildman–Crippen MR) is 152 cm³/mol. The van der Waals surface area contributed by atoms with Crippen LogP contribution in [0.25, 0.3) is 0 Å². The Morgan fingerprint density at radius 3 is 2.45 bits per heavy atom. The second-order valence-electron chi connectivity index (χ2n) is 11.2. The number of nitrogens with zero attached hydrogens (tertiary/aromatic N) is 1. The molecule has 10 heteroatoms. The summed E-state index contributed by atoms with van der Waals surface area (Å²) in [6.45, 7) is 6.10. The molecule has 212 valence electrons. The van der Waals surface area contributed by atoms with Crippen LogP contribution in [0.5, 0.6) is 0 Å². The number of hydrogen-bond acceptors (Lipinski definition) is 4. The molecule has 0 aliphatic carbocycles. The van der Waals surface area contributed by atoms with Crippen molar-refractivity contribution in [3.63, 3.8) is 0 Å². The second-order valence-corrected chi connectivity index (χ2v) is 12.0. The van der Waals surface area contributed by atoms with E-state index in [1.807, 2.05) is 20.8 Å². The van der Waals surface area contributed by atoms with E-state index in [1.54, 1.807) is 24.3 Å². The van der Waals surface area contributed by atoms with Crippen LogP contribution in [0, 0.1) is 23.0 Å². The molecule has 0 bridgehead atoms. The van der Waals surface area contributed by atoms with Crippen LogP contribution in [0.2, 0.25) is 10.0 Å². The molecule has 1 aliphatic rings. The molecule has 3 atom stereocenters. The number of rotatable bonds is 5. The summed E-state index contributed by atoms with van der Waals surface area (Å²) in [5.74, 6) is -2.58. The van der Waals surface area contributed by atoms with E-state index >= 15 is 8.78 Å². The van der Waals surface area contributed by atoms with Gasteiger partial charge in [0.2, 0.25) is 0 Å². The average molecular weight is 590 g/mol. The maximum atomic E-state index is 15.7. The molecule has 1 fully saturated rings. The van der Waals surface area contributed by atoms with Gasteiger partial charge in [-0.2, -0.15) is 0 Å². The maximum absolute atomic E-state index is 15.7. The Kier molecular flexibility index (Phi) is 8.45. The van der Waals surface area contributed by atoms with E-state index in [4.69, 9.17) is 33.7 Å².